The number of ketones is 1. The lowest BCUT2D eigenvalue weighted by Crippen LogP contribution is -2.41. The molecule has 0 saturated carbocycles. The van der Waals surface area contributed by atoms with Gasteiger partial charge >= 0.3 is 0 Å². The zero-order valence-corrected chi connectivity index (χ0v) is 16.0. The molecule has 0 aromatic rings. The molecule has 0 aromatic heterocycles. The first-order chi connectivity index (χ1) is 10.2. The monoisotopic (exact) mass is 328 g/mol. The Kier molecular flexibility index (Phi) is 7.29. The van der Waals surface area contributed by atoms with Crippen LogP contribution in [0.2, 0.25) is 18.1 Å². The lowest BCUT2D eigenvalue weighted by molar-refractivity contribution is -0.119. The van der Waals surface area contributed by atoms with Crippen LogP contribution in [0.3, 0.4) is 0 Å². The van der Waals surface area contributed by atoms with Gasteiger partial charge in [0, 0.05) is 32.1 Å². The minimum Gasteiger partial charge on any atom is -0.472 e. The van der Waals surface area contributed by atoms with Crippen molar-refractivity contribution in [2.24, 2.45) is 5.92 Å². The molecule has 128 valence electrons. The molecule has 1 atom stereocenters. The van der Waals surface area contributed by atoms with Gasteiger partial charge in [0.15, 0.2) is 20.9 Å². The molecular formula is C17H32O4Si. The molecule has 0 saturated heterocycles. The minimum atomic E-state index is -1.67. The summed E-state index contributed by atoms with van der Waals surface area (Å²) in [7, 11) is -0.0856. The van der Waals surface area contributed by atoms with Gasteiger partial charge in [0.25, 0.3) is 0 Å². The second-order valence-corrected chi connectivity index (χ2v) is 12.4. The summed E-state index contributed by atoms with van der Waals surface area (Å²) >= 11 is 0. The molecule has 0 heterocycles. The first-order valence-corrected chi connectivity index (χ1v) is 11.1. The zero-order valence-electron chi connectivity index (χ0n) is 15.0. The second kappa shape index (κ2) is 8.27. The highest BCUT2D eigenvalue weighted by Gasteiger charge is 2.36. The molecule has 0 spiro atoms. The summed E-state index contributed by atoms with van der Waals surface area (Å²) in [5.74, 6) is 1.06. The molecule has 1 unspecified atom stereocenters. The Balaban J connectivity index is 2.32. The summed E-state index contributed by atoms with van der Waals surface area (Å²) in [4.78, 5) is 12.1. The largest absolute Gasteiger partial charge is 0.472 e. The van der Waals surface area contributed by atoms with E-state index in [4.69, 9.17) is 13.9 Å². The summed E-state index contributed by atoms with van der Waals surface area (Å²) in [6, 6.07) is 0. The normalized spacial score (nSPS) is 20.0. The zero-order chi connectivity index (χ0) is 16.8. The molecule has 0 N–H and O–H groups in total. The summed E-state index contributed by atoms with van der Waals surface area (Å²) in [5, 5.41) is 0.240. The molecule has 0 radical (unpaired) electrons. The molecule has 5 heteroatoms. The average Bonchev–Trinajstić information content (AvgIpc) is 2.41. The van der Waals surface area contributed by atoms with Crippen LogP contribution < -0.4 is 0 Å². The Morgan fingerprint density at radius 1 is 1.32 bits per heavy atom. The predicted molar refractivity (Wildman–Crippen MR) is 91.2 cm³/mol. The molecule has 22 heavy (non-hydrogen) atoms. The lowest BCUT2D eigenvalue weighted by Gasteiger charge is -2.36. The Morgan fingerprint density at radius 3 is 2.55 bits per heavy atom. The number of allylic oxidation sites excluding steroid dienone is 2. The van der Waals surface area contributed by atoms with E-state index in [1.165, 1.54) is 0 Å². The standard InChI is InChI=1S/C17H32O4Si/c1-17(2,3)22(5,6)21-11-7-8-14-9-10-15(12-16(14)18)20-13-19-4/h12,14H,7-11,13H2,1-6H3. The van der Waals surface area contributed by atoms with Crippen molar-refractivity contribution in [2.75, 3.05) is 20.5 Å². The van der Waals surface area contributed by atoms with Crippen LogP contribution in [0.1, 0.15) is 46.5 Å². The SMILES string of the molecule is COCOC1=CC(=O)C(CCCO[Si](C)(C)C(C)(C)C)CC1. The van der Waals surface area contributed by atoms with Gasteiger partial charge in [-0.05, 0) is 37.4 Å². The lowest BCUT2D eigenvalue weighted by atomic mass is 9.88. The van der Waals surface area contributed by atoms with Crippen molar-refractivity contribution in [1.29, 1.82) is 0 Å². The molecule has 0 aliphatic heterocycles. The van der Waals surface area contributed by atoms with Crippen molar-refractivity contribution in [1.82, 2.24) is 0 Å². The highest BCUT2D eigenvalue weighted by atomic mass is 28.4. The van der Waals surface area contributed by atoms with Crippen LogP contribution in [0.5, 0.6) is 0 Å². The third kappa shape index (κ3) is 5.86. The molecule has 1 aliphatic rings. The number of hydrogen-bond acceptors (Lipinski definition) is 4. The molecule has 0 bridgehead atoms. The van der Waals surface area contributed by atoms with E-state index in [9.17, 15) is 4.79 Å². The van der Waals surface area contributed by atoms with E-state index >= 15 is 0 Å². The van der Waals surface area contributed by atoms with Crippen molar-refractivity contribution in [2.45, 2.75) is 64.6 Å². The maximum Gasteiger partial charge on any atom is 0.191 e. The Morgan fingerprint density at radius 2 is 2.00 bits per heavy atom. The van der Waals surface area contributed by atoms with E-state index in [0.717, 1.165) is 38.0 Å². The maximum absolute atomic E-state index is 12.1. The molecule has 0 aromatic carbocycles. The van der Waals surface area contributed by atoms with Gasteiger partial charge in [-0.3, -0.25) is 4.79 Å². The van der Waals surface area contributed by atoms with Gasteiger partial charge in [0.05, 0.1) is 0 Å². The highest BCUT2D eigenvalue weighted by molar-refractivity contribution is 6.74. The molecule has 4 nitrogen and oxygen atoms in total. The average molecular weight is 329 g/mol. The first-order valence-electron chi connectivity index (χ1n) is 8.17. The Labute approximate surface area is 136 Å². The van der Waals surface area contributed by atoms with Crippen molar-refractivity contribution in [3.63, 3.8) is 0 Å². The van der Waals surface area contributed by atoms with Crippen molar-refractivity contribution >= 4 is 14.1 Å². The van der Waals surface area contributed by atoms with E-state index < -0.39 is 8.32 Å². The molecule has 1 rings (SSSR count). The van der Waals surface area contributed by atoms with Gasteiger partial charge in [-0.15, -0.1) is 0 Å². The number of ether oxygens (including phenoxy) is 2. The van der Waals surface area contributed by atoms with E-state index in [1.807, 2.05) is 0 Å². The number of carbonyl (C=O) groups is 1. The van der Waals surface area contributed by atoms with Gasteiger partial charge in [0.1, 0.15) is 5.76 Å². The number of methoxy groups -OCH3 is 1. The van der Waals surface area contributed by atoms with E-state index in [-0.39, 0.29) is 23.5 Å². The van der Waals surface area contributed by atoms with Crippen molar-refractivity contribution in [3.05, 3.63) is 11.8 Å². The summed E-state index contributed by atoms with van der Waals surface area (Å²) < 4.78 is 16.4. The minimum absolute atomic E-state index is 0.123. The molecule has 0 fully saturated rings. The predicted octanol–water partition coefficient (Wildman–Crippen LogP) is 4.27. The van der Waals surface area contributed by atoms with Gasteiger partial charge in [-0.1, -0.05) is 20.8 Å². The van der Waals surface area contributed by atoms with Crippen LogP contribution >= 0.6 is 0 Å². The van der Waals surface area contributed by atoms with Crippen molar-refractivity contribution < 1.29 is 18.7 Å². The van der Waals surface area contributed by atoms with Gasteiger partial charge in [0.2, 0.25) is 0 Å². The third-order valence-corrected chi connectivity index (χ3v) is 9.31. The van der Waals surface area contributed by atoms with Crippen LogP contribution in [0, 0.1) is 5.92 Å². The number of hydrogen-bond donors (Lipinski definition) is 0. The summed E-state index contributed by atoms with van der Waals surface area (Å²) in [6.45, 7) is 12.2. The first kappa shape index (κ1) is 19.4. The fraction of sp³-hybridized carbons (Fsp3) is 0.824. The third-order valence-electron chi connectivity index (χ3n) is 4.77. The summed E-state index contributed by atoms with van der Waals surface area (Å²) in [6.07, 6.45) is 5.19. The van der Waals surface area contributed by atoms with Crippen molar-refractivity contribution in [3.8, 4) is 0 Å². The smallest absolute Gasteiger partial charge is 0.191 e. The van der Waals surface area contributed by atoms with Gasteiger partial charge < -0.3 is 13.9 Å². The molecule has 1 aliphatic carbocycles. The quantitative estimate of drug-likeness (QED) is 0.379. The highest BCUT2D eigenvalue weighted by Crippen LogP contribution is 2.36. The maximum atomic E-state index is 12.1. The fourth-order valence-corrected chi connectivity index (χ4v) is 3.30. The summed E-state index contributed by atoms with van der Waals surface area (Å²) in [5.41, 5.74) is 0. The number of carbonyl (C=O) groups excluding carboxylic acids is 1. The number of rotatable bonds is 8. The Hall–Kier alpha value is -0.653. The van der Waals surface area contributed by atoms with E-state index in [2.05, 4.69) is 33.9 Å². The topological polar surface area (TPSA) is 44.8 Å². The van der Waals surface area contributed by atoms with Crippen LogP contribution in [0.4, 0.5) is 0 Å². The van der Waals surface area contributed by atoms with Crippen LogP contribution in [-0.4, -0.2) is 34.6 Å². The molecular weight excluding hydrogens is 296 g/mol. The molecule has 0 amide bonds. The van der Waals surface area contributed by atoms with Gasteiger partial charge in [-0.25, -0.2) is 0 Å². The van der Waals surface area contributed by atoms with Crippen LogP contribution in [0.15, 0.2) is 11.8 Å². The van der Waals surface area contributed by atoms with Gasteiger partial charge in [-0.2, -0.15) is 0 Å². The van der Waals surface area contributed by atoms with Crippen LogP contribution in [-0.2, 0) is 18.7 Å². The van der Waals surface area contributed by atoms with E-state index in [1.54, 1.807) is 13.2 Å². The Bertz CT molecular complexity index is 396. The van der Waals surface area contributed by atoms with Crippen LogP contribution in [0.25, 0.3) is 0 Å². The second-order valence-electron chi connectivity index (χ2n) is 7.55. The fourth-order valence-electron chi connectivity index (χ4n) is 2.22. The van der Waals surface area contributed by atoms with E-state index in [0.29, 0.717) is 0 Å².